The molecule has 0 fully saturated rings. The van der Waals surface area contributed by atoms with E-state index >= 15 is 0 Å². The Morgan fingerprint density at radius 1 is 1.46 bits per heavy atom. The van der Waals surface area contributed by atoms with Crippen LogP contribution < -0.4 is 10.6 Å². The highest BCUT2D eigenvalue weighted by Crippen LogP contribution is 1.82. The molecule has 0 aliphatic carbocycles. The molecule has 0 spiro atoms. The lowest BCUT2D eigenvalue weighted by Crippen LogP contribution is -2.40. The van der Waals surface area contributed by atoms with Crippen LogP contribution in [-0.4, -0.2) is 25.2 Å². The molecule has 5 heteroatoms. The van der Waals surface area contributed by atoms with Crippen molar-refractivity contribution in [2.75, 3.05) is 13.2 Å². The molecule has 3 N–H and O–H groups in total. The zero-order chi connectivity index (χ0) is 10.1. The Kier molecular flexibility index (Phi) is 6.68. The Morgan fingerprint density at radius 3 is 2.69 bits per heavy atom. The second-order valence-corrected chi connectivity index (χ2v) is 2.50. The summed E-state index contributed by atoms with van der Waals surface area (Å²) in [6.07, 6.45) is 1.97. The number of nitrogens with one attached hydrogen (secondary N) is 3. The number of amides is 2. The van der Waals surface area contributed by atoms with E-state index in [1.54, 1.807) is 6.92 Å². The highest BCUT2D eigenvalue weighted by molar-refractivity contribution is 5.91. The van der Waals surface area contributed by atoms with E-state index < -0.39 is 0 Å². The summed E-state index contributed by atoms with van der Waals surface area (Å²) in [6, 6.07) is -0.594. The second-order valence-electron chi connectivity index (χ2n) is 2.50. The van der Waals surface area contributed by atoms with Gasteiger partial charge in [0.1, 0.15) is 0 Å². The highest BCUT2D eigenvalue weighted by atomic mass is 16.5. The smallest absolute Gasteiger partial charge is 0.322 e. The number of amidine groups is 1. The van der Waals surface area contributed by atoms with Gasteiger partial charge in [-0.15, -0.1) is 0 Å². The molecule has 0 radical (unpaired) electrons. The van der Waals surface area contributed by atoms with Crippen LogP contribution >= 0.6 is 0 Å². The van der Waals surface area contributed by atoms with Crippen molar-refractivity contribution in [2.24, 2.45) is 0 Å². The lowest BCUT2D eigenvalue weighted by Gasteiger charge is -2.07. The fourth-order valence-electron chi connectivity index (χ4n) is 0.706. The molecule has 13 heavy (non-hydrogen) atoms. The van der Waals surface area contributed by atoms with Crippen LogP contribution in [0.2, 0.25) is 0 Å². The minimum absolute atomic E-state index is 0.212. The summed E-state index contributed by atoms with van der Waals surface area (Å²) in [5.74, 6) is 0. The minimum Gasteiger partial charge on any atom is -0.465 e. The molecular formula is C8H17N3O2. The Bertz CT molecular complexity index is 171. The zero-order valence-electron chi connectivity index (χ0n) is 8.14. The first-order chi connectivity index (χ1) is 6.20. The van der Waals surface area contributed by atoms with Gasteiger partial charge in [0, 0.05) is 6.54 Å². The molecule has 0 aliphatic heterocycles. The van der Waals surface area contributed by atoms with Gasteiger partial charge in [-0.05, 0) is 13.3 Å². The van der Waals surface area contributed by atoms with Crippen LogP contribution in [0, 0.1) is 5.41 Å². The van der Waals surface area contributed by atoms with Gasteiger partial charge >= 0.3 is 6.03 Å². The summed E-state index contributed by atoms with van der Waals surface area (Å²) < 4.78 is 4.73. The van der Waals surface area contributed by atoms with E-state index in [9.17, 15) is 4.79 Å². The Labute approximate surface area is 78.4 Å². The molecule has 0 rings (SSSR count). The van der Waals surface area contributed by atoms with Crippen molar-refractivity contribution < 1.29 is 9.53 Å². The summed E-state index contributed by atoms with van der Waals surface area (Å²) in [6.45, 7) is 4.81. The number of urea groups is 1. The average molecular weight is 187 g/mol. The molecule has 0 aliphatic rings. The molecule has 0 atom stereocenters. The number of rotatable bonds is 4. The van der Waals surface area contributed by atoms with Crippen LogP contribution in [0.4, 0.5) is 4.79 Å². The minimum atomic E-state index is -0.382. The fraction of sp³-hybridized carbons (Fsp3) is 0.750. The predicted octanol–water partition coefficient (Wildman–Crippen LogP) is 1.06. The van der Waals surface area contributed by atoms with Crippen molar-refractivity contribution in [3.8, 4) is 0 Å². The van der Waals surface area contributed by atoms with Crippen LogP contribution in [0.5, 0.6) is 0 Å². The first kappa shape index (κ1) is 11.7. The normalized spacial score (nSPS) is 9.08. The van der Waals surface area contributed by atoms with Gasteiger partial charge in [0.05, 0.1) is 6.61 Å². The van der Waals surface area contributed by atoms with Gasteiger partial charge in [-0.3, -0.25) is 10.7 Å². The third kappa shape index (κ3) is 7.11. The molecular weight excluding hydrogens is 170 g/mol. The van der Waals surface area contributed by atoms with E-state index in [2.05, 4.69) is 10.6 Å². The van der Waals surface area contributed by atoms with Crippen LogP contribution in [0.15, 0.2) is 0 Å². The van der Waals surface area contributed by atoms with E-state index in [0.717, 1.165) is 12.8 Å². The average Bonchev–Trinajstić information content (AvgIpc) is 2.05. The Morgan fingerprint density at radius 2 is 2.15 bits per heavy atom. The number of carbonyl (C=O) groups excluding carboxylic acids is 1. The van der Waals surface area contributed by atoms with Gasteiger partial charge in [-0.1, -0.05) is 13.3 Å². The van der Waals surface area contributed by atoms with Gasteiger partial charge in [0.2, 0.25) is 0 Å². The second kappa shape index (κ2) is 7.39. The summed E-state index contributed by atoms with van der Waals surface area (Å²) >= 11 is 0. The maximum atomic E-state index is 11.0. The highest BCUT2D eigenvalue weighted by Gasteiger charge is 2.02. The van der Waals surface area contributed by atoms with Crippen molar-refractivity contribution in [3.05, 3.63) is 0 Å². The molecule has 0 aromatic carbocycles. The fourth-order valence-corrected chi connectivity index (χ4v) is 0.706. The monoisotopic (exact) mass is 187 g/mol. The number of ether oxygens (including phenoxy) is 1. The topological polar surface area (TPSA) is 74.2 Å². The van der Waals surface area contributed by atoms with Crippen LogP contribution in [0.25, 0.3) is 0 Å². The number of hydrogen-bond donors (Lipinski definition) is 3. The summed E-state index contributed by atoms with van der Waals surface area (Å²) in [4.78, 5) is 11.0. The van der Waals surface area contributed by atoms with Gasteiger partial charge in [-0.25, -0.2) is 4.79 Å². The Hall–Kier alpha value is -1.26. The molecule has 0 heterocycles. The number of unbranched alkanes of at least 4 members (excludes halogenated alkanes) is 1. The van der Waals surface area contributed by atoms with Crippen molar-refractivity contribution in [3.63, 3.8) is 0 Å². The van der Waals surface area contributed by atoms with Crippen molar-refractivity contribution >= 4 is 12.1 Å². The molecule has 0 bridgehead atoms. The van der Waals surface area contributed by atoms with Crippen LogP contribution in [0.3, 0.4) is 0 Å². The molecule has 2 amide bonds. The van der Waals surface area contributed by atoms with Gasteiger partial charge in [-0.2, -0.15) is 0 Å². The third-order valence-corrected chi connectivity index (χ3v) is 1.33. The van der Waals surface area contributed by atoms with Gasteiger partial charge < -0.3 is 10.1 Å². The molecule has 0 aromatic rings. The quantitative estimate of drug-likeness (QED) is 0.349. The zero-order valence-corrected chi connectivity index (χ0v) is 8.14. The molecule has 0 unspecified atom stereocenters. The van der Waals surface area contributed by atoms with Crippen molar-refractivity contribution in [2.45, 2.75) is 26.7 Å². The lowest BCUT2D eigenvalue weighted by molar-refractivity contribution is 0.239. The van der Waals surface area contributed by atoms with Crippen molar-refractivity contribution in [1.82, 2.24) is 10.6 Å². The molecule has 0 aromatic heterocycles. The van der Waals surface area contributed by atoms with E-state index in [0.29, 0.717) is 13.2 Å². The van der Waals surface area contributed by atoms with E-state index in [-0.39, 0.29) is 12.1 Å². The SMILES string of the molecule is CCCCNC(=O)NC(=N)OCC. The van der Waals surface area contributed by atoms with Gasteiger partial charge in [0.25, 0.3) is 6.02 Å². The van der Waals surface area contributed by atoms with E-state index in [1.165, 1.54) is 0 Å². The van der Waals surface area contributed by atoms with Crippen molar-refractivity contribution in [1.29, 1.82) is 5.41 Å². The molecule has 5 nitrogen and oxygen atoms in total. The van der Waals surface area contributed by atoms with E-state index in [1.807, 2.05) is 6.92 Å². The van der Waals surface area contributed by atoms with Gasteiger partial charge in [0.15, 0.2) is 0 Å². The Balaban J connectivity index is 3.44. The van der Waals surface area contributed by atoms with Crippen LogP contribution in [-0.2, 0) is 4.74 Å². The predicted molar refractivity (Wildman–Crippen MR) is 50.8 cm³/mol. The molecule has 0 saturated heterocycles. The molecule has 0 saturated carbocycles. The van der Waals surface area contributed by atoms with E-state index in [4.69, 9.17) is 10.1 Å². The number of carbonyl (C=O) groups is 1. The molecule has 76 valence electrons. The third-order valence-electron chi connectivity index (χ3n) is 1.33. The first-order valence-electron chi connectivity index (χ1n) is 4.46. The first-order valence-corrected chi connectivity index (χ1v) is 4.46. The maximum absolute atomic E-state index is 11.0. The number of hydrogen-bond acceptors (Lipinski definition) is 3. The summed E-state index contributed by atoms with van der Waals surface area (Å²) in [7, 11) is 0. The summed E-state index contributed by atoms with van der Waals surface area (Å²) in [5.41, 5.74) is 0. The lowest BCUT2D eigenvalue weighted by atomic mass is 10.3. The standard InChI is InChI=1S/C8H17N3O2/c1-3-5-6-10-8(12)11-7(9)13-4-2/h3-6H2,1-2H3,(H3,9,10,11,12). The largest absolute Gasteiger partial charge is 0.465 e. The summed E-state index contributed by atoms with van der Waals surface area (Å²) in [5, 5.41) is 12.0. The van der Waals surface area contributed by atoms with Crippen LogP contribution in [0.1, 0.15) is 26.7 Å². The maximum Gasteiger partial charge on any atom is 0.322 e.